The molecule has 0 bridgehead atoms. The molecular formula is C18H28N2O3. The minimum Gasteiger partial charge on any atom is -0.465 e. The van der Waals surface area contributed by atoms with E-state index in [1.54, 1.807) is 31.2 Å². The van der Waals surface area contributed by atoms with Gasteiger partial charge in [0.25, 0.3) is 5.91 Å². The van der Waals surface area contributed by atoms with E-state index in [-0.39, 0.29) is 23.7 Å². The fraction of sp³-hybridized carbons (Fsp3) is 0.556. The Hall–Kier alpha value is -1.88. The first-order valence-electron chi connectivity index (χ1n) is 8.13. The highest BCUT2D eigenvalue weighted by Gasteiger charge is 2.43. The molecule has 0 spiro atoms. The third-order valence-corrected chi connectivity index (χ3v) is 3.79. The van der Waals surface area contributed by atoms with Gasteiger partial charge in [-0.15, -0.1) is 0 Å². The van der Waals surface area contributed by atoms with Crippen LogP contribution in [0.4, 0.5) is 0 Å². The first-order valence-corrected chi connectivity index (χ1v) is 8.13. The third-order valence-electron chi connectivity index (χ3n) is 3.79. The van der Waals surface area contributed by atoms with Gasteiger partial charge in [0.15, 0.2) is 0 Å². The largest absolute Gasteiger partial charge is 0.465 e. The highest BCUT2D eigenvalue weighted by Crippen LogP contribution is 2.27. The predicted molar refractivity (Wildman–Crippen MR) is 90.7 cm³/mol. The van der Waals surface area contributed by atoms with Crippen molar-refractivity contribution in [2.24, 2.45) is 11.8 Å². The van der Waals surface area contributed by atoms with Crippen molar-refractivity contribution < 1.29 is 14.3 Å². The van der Waals surface area contributed by atoms with Crippen molar-refractivity contribution in [3.63, 3.8) is 0 Å². The van der Waals surface area contributed by atoms with Crippen molar-refractivity contribution in [1.29, 1.82) is 0 Å². The lowest BCUT2D eigenvalue weighted by molar-refractivity contribution is -0.155. The Labute approximate surface area is 138 Å². The summed E-state index contributed by atoms with van der Waals surface area (Å²) < 4.78 is 5.25. The highest BCUT2D eigenvalue weighted by molar-refractivity contribution is 5.94. The molecule has 0 radical (unpaired) electrons. The minimum absolute atomic E-state index is 0.0416. The van der Waals surface area contributed by atoms with Crippen LogP contribution >= 0.6 is 0 Å². The van der Waals surface area contributed by atoms with Gasteiger partial charge in [-0.05, 0) is 37.3 Å². The maximum absolute atomic E-state index is 12.6. The summed E-state index contributed by atoms with van der Waals surface area (Å²) in [4.78, 5) is 24.8. The number of amides is 1. The van der Waals surface area contributed by atoms with E-state index >= 15 is 0 Å². The van der Waals surface area contributed by atoms with Gasteiger partial charge in [0, 0.05) is 5.56 Å². The maximum atomic E-state index is 12.6. The van der Waals surface area contributed by atoms with Gasteiger partial charge in [-0.1, -0.05) is 45.9 Å². The van der Waals surface area contributed by atoms with Crippen molar-refractivity contribution in [2.45, 2.75) is 46.6 Å². The fourth-order valence-corrected chi connectivity index (χ4v) is 2.53. The molecule has 128 valence electrons. The predicted octanol–water partition coefficient (Wildman–Crippen LogP) is 2.93. The SMILES string of the molecule is CCOC(=O)[C@](CC(C)C)(NNC(=O)c1ccccc1)C(C)C. The molecule has 1 atom stereocenters. The fourth-order valence-electron chi connectivity index (χ4n) is 2.53. The van der Waals surface area contributed by atoms with Gasteiger partial charge in [0.2, 0.25) is 0 Å². The number of carbonyl (C=O) groups is 2. The van der Waals surface area contributed by atoms with E-state index in [0.717, 1.165) is 0 Å². The molecule has 0 aliphatic heterocycles. The monoisotopic (exact) mass is 320 g/mol. The number of nitrogens with one attached hydrogen (secondary N) is 2. The van der Waals surface area contributed by atoms with E-state index in [1.807, 2.05) is 33.8 Å². The first-order chi connectivity index (χ1) is 10.8. The smallest absolute Gasteiger partial charge is 0.328 e. The molecule has 0 saturated carbocycles. The first kappa shape index (κ1) is 19.2. The molecule has 0 fully saturated rings. The molecule has 0 aromatic heterocycles. The summed E-state index contributed by atoms with van der Waals surface area (Å²) in [6.07, 6.45) is 0.568. The number of rotatable bonds is 8. The molecule has 1 rings (SSSR count). The number of esters is 1. The van der Waals surface area contributed by atoms with Crippen LogP contribution in [0.5, 0.6) is 0 Å². The van der Waals surface area contributed by atoms with Crippen LogP contribution in [0.15, 0.2) is 30.3 Å². The summed E-state index contributed by atoms with van der Waals surface area (Å²) in [5.74, 6) is -0.385. The molecule has 1 amide bonds. The van der Waals surface area contributed by atoms with Gasteiger partial charge in [-0.3, -0.25) is 10.2 Å². The molecule has 0 aliphatic carbocycles. The van der Waals surface area contributed by atoms with Gasteiger partial charge in [-0.25, -0.2) is 10.2 Å². The molecule has 0 heterocycles. The van der Waals surface area contributed by atoms with Crippen LogP contribution in [0.2, 0.25) is 0 Å². The molecule has 1 aromatic carbocycles. The van der Waals surface area contributed by atoms with Gasteiger partial charge >= 0.3 is 5.97 Å². The van der Waals surface area contributed by atoms with E-state index < -0.39 is 5.54 Å². The zero-order chi connectivity index (χ0) is 17.5. The van der Waals surface area contributed by atoms with Crippen LogP contribution in [0.1, 0.15) is 51.4 Å². The molecule has 23 heavy (non-hydrogen) atoms. The van der Waals surface area contributed by atoms with Crippen molar-refractivity contribution in [1.82, 2.24) is 10.9 Å². The van der Waals surface area contributed by atoms with Gasteiger partial charge < -0.3 is 4.74 Å². The quantitative estimate of drug-likeness (QED) is 0.571. The summed E-state index contributed by atoms with van der Waals surface area (Å²) in [5.41, 5.74) is 5.23. The van der Waals surface area contributed by atoms with Crippen LogP contribution in [0, 0.1) is 11.8 Å². The van der Waals surface area contributed by atoms with Gasteiger partial charge in [0.05, 0.1) is 6.61 Å². The molecule has 0 unspecified atom stereocenters. The molecule has 5 nitrogen and oxygen atoms in total. The van der Waals surface area contributed by atoms with Crippen LogP contribution in [0.25, 0.3) is 0 Å². The zero-order valence-corrected chi connectivity index (χ0v) is 14.7. The van der Waals surface area contributed by atoms with Crippen LogP contribution in [-0.4, -0.2) is 24.0 Å². The Morgan fingerprint density at radius 2 is 1.74 bits per heavy atom. The van der Waals surface area contributed by atoms with Crippen LogP contribution < -0.4 is 10.9 Å². The van der Waals surface area contributed by atoms with Gasteiger partial charge in [0.1, 0.15) is 5.54 Å². The number of benzene rings is 1. The normalized spacial score (nSPS) is 13.7. The average molecular weight is 320 g/mol. The van der Waals surface area contributed by atoms with Crippen LogP contribution in [-0.2, 0) is 9.53 Å². The lowest BCUT2D eigenvalue weighted by atomic mass is 9.80. The average Bonchev–Trinajstić information content (AvgIpc) is 2.51. The Bertz CT molecular complexity index is 514. The molecule has 0 aliphatic rings. The van der Waals surface area contributed by atoms with Crippen molar-refractivity contribution in [3.05, 3.63) is 35.9 Å². The van der Waals surface area contributed by atoms with E-state index in [0.29, 0.717) is 18.6 Å². The third kappa shape index (κ3) is 5.06. The van der Waals surface area contributed by atoms with E-state index in [2.05, 4.69) is 10.9 Å². The van der Waals surface area contributed by atoms with Crippen molar-refractivity contribution in [3.8, 4) is 0 Å². The second kappa shape index (κ2) is 8.67. The second-order valence-electron chi connectivity index (χ2n) is 6.39. The summed E-state index contributed by atoms with van der Waals surface area (Å²) in [5, 5.41) is 0. The lowest BCUT2D eigenvalue weighted by Crippen LogP contribution is -2.63. The van der Waals surface area contributed by atoms with Crippen molar-refractivity contribution >= 4 is 11.9 Å². The Balaban J connectivity index is 2.95. The van der Waals surface area contributed by atoms with Crippen LogP contribution in [0.3, 0.4) is 0 Å². The van der Waals surface area contributed by atoms with E-state index in [1.165, 1.54) is 0 Å². The Morgan fingerprint density at radius 3 is 2.22 bits per heavy atom. The molecule has 5 heteroatoms. The highest BCUT2D eigenvalue weighted by atomic mass is 16.5. The summed E-state index contributed by atoms with van der Waals surface area (Å²) >= 11 is 0. The summed E-state index contributed by atoms with van der Waals surface area (Å²) in [7, 11) is 0. The molecule has 2 N–H and O–H groups in total. The molecule has 0 saturated heterocycles. The lowest BCUT2D eigenvalue weighted by Gasteiger charge is -2.37. The topological polar surface area (TPSA) is 67.4 Å². The minimum atomic E-state index is -0.950. The number of hydrazine groups is 1. The number of hydrogen-bond donors (Lipinski definition) is 2. The number of carbonyl (C=O) groups excluding carboxylic acids is 2. The molecular weight excluding hydrogens is 292 g/mol. The number of ether oxygens (including phenoxy) is 1. The van der Waals surface area contributed by atoms with Crippen molar-refractivity contribution in [2.75, 3.05) is 6.61 Å². The summed E-state index contributed by atoms with van der Waals surface area (Å²) in [6, 6.07) is 8.88. The number of hydrogen-bond acceptors (Lipinski definition) is 4. The summed E-state index contributed by atoms with van der Waals surface area (Å²) in [6.45, 7) is 10.1. The van der Waals surface area contributed by atoms with E-state index in [9.17, 15) is 9.59 Å². The molecule has 1 aromatic rings. The maximum Gasteiger partial charge on any atom is 0.328 e. The van der Waals surface area contributed by atoms with E-state index in [4.69, 9.17) is 4.74 Å². The zero-order valence-electron chi connectivity index (χ0n) is 14.7. The van der Waals surface area contributed by atoms with Gasteiger partial charge in [-0.2, -0.15) is 0 Å². The second-order valence-corrected chi connectivity index (χ2v) is 6.39. The Kier molecular flexibility index (Phi) is 7.23. The standard InChI is InChI=1S/C18H28N2O3/c1-6-23-17(22)18(14(4)5,12-13(2)3)20-19-16(21)15-10-8-7-9-11-15/h7-11,13-14,20H,6,12H2,1-5H3,(H,19,21)/t18-/m1/s1. The Morgan fingerprint density at radius 1 is 1.13 bits per heavy atom.